The predicted molar refractivity (Wildman–Crippen MR) is 78.8 cm³/mol. The molecular weight excluding hydrogens is 252 g/mol. The lowest BCUT2D eigenvalue weighted by Crippen LogP contribution is -2.29. The number of nitrogens with zero attached hydrogens (tertiary/aromatic N) is 1. The van der Waals surface area contributed by atoms with Crippen LogP contribution in [0.4, 0.5) is 0 Å². The van der Waals surface area contributed by atoms with E-state index in [1.54, 1.807) is 10.8 Å². The summed E-state index contributed by atoms with van der Waals surface area (Å²) in [4.78, 5) is 23.9. The van der Waals surface area contributed by atoms with Crippen LogP contribution in [0.15, 0.2) is 41.3 Å². The maximum absolute atomic E-state index is 12.1. The van der Waals surface area contributed by atoms with Crippen molar-refractivity contribution in [2.45, 2.75) is 20.4 Å². The van der Waals surface area contributed by atoms with Crippen molar-refractivity contribution in [1.29, 1.82) is 0 Å². The zero-order valence-corrected chi connectivity index (χ0v) is 11.9. The highest BCUT2D eigenvalue weighted by atomic mass is 16.2. The molecule has 4 nitrogen and oxygen atoms in total. The maximum Gasteiger partial charge on any atom is 0.257 e. The maximum atomic E-state index is 12.1. The van der Waals surface area contributed by atoms with Gasteiger partial charge in [0.15, 0.2) is 5.43 Å². The van der Waals surface area contributed by atoms with Crippen molar-refractivity contribution in [3.63, 3.8) is 0 Å². The number of rotatable bonds is 3. The summed E-state index contributed by atoms with van der Waals surface area (Å²) in [7, 11) is 1.81. The standard InChI is InChI=1S/C16H18N2O2/c1-11-6-4-5-7-13(11)9-17-16(20)14-10-18(3)12(2)8-15(14)19/h4-8,10H,9H2,1-3H3,(H,17,20). The molecule has 4 heteroatoms. The Labute approximate surface area is 118 Å². The fourth-order valence-corrected chi connectivity index (χ4v) is 1.98. The predicted octanol–water partition coefficient (Wildman–Crippen LogP) is 1.93. The fraction of sp³-hybridized carbons (Fsp3) is 0.250. The molecule has 0 aliphatic heterocycles. The van der Waals surface area contributed by atoms with E-state index < -0.39 is 0 Å². The Hall–Kier alpha value is -2.36. The molecule has 0 saturated carbocycles. The SMILES string of the molecule is Cc1ccccc1CNC(=O)c1cn(C)c(C)cc1=O. The lowest BCUT2D eigenvalue weighted by atomic mass is 10.1. The third kappa shape index (κ3) is 2.96. The smallest absolute Gasteiger partial charge is 0.257 e. The molecule has 2 aromatic rings. The highest BCUT2D eigenvalue weighted by Gasteiger charge is 2.11. The van der Waals surface area contributed by atoms with Crippen LogP contribution in [-0.4, -0.2) is 10.5 Å². The normalized spacial score (nSPS) is 10.3. The van der Waals surface area contributed by atoms with Crippen molar-refractivity contribution in [3.8, 4) is 0 Å². The van der Waals surface area contributed by atoms with Crippen LogP contribution in [0, 0.1) is 13.8 Å². The minimum absolute atomic E-state index is 0.173. The zero-order chi connectivity index (χ0) is 14.7. The minimum atomic E-state index is -0.339. The van der Waals surface area contributed by atoms with Gasteiger partial charge in [-0.05, 0) is 25.0 Å². The molecule has 1 heterocycles. The topological polar surface area (TPSA) is 51.1 Å². The lowest BCUT2D eigenvalue weighted by Gasteiger charge is -2.09. The number of carbonyl (C=O) groups excluding carboxylic acids is 1. The van der Waals surface area contributed by atoms with Gasteiger partial charge in [0.1, 0.15) is 5.56 Å². The van der Waals surface area contributed by atoms with E-state index in [1.807, 2.05) is 45.2 Å². The van der Waals surface area contributed by atoms with Gasteiger partial charge in [0.05, 0.1) is 0 Å². The summed E-state index contributed by atoms with van der Waals surface area (Å²) >= 11 is 0. The number of aryl methyl sites for hydroxylation is 3. The molecule has 0 atom stereocenters. The number of hydrogen-bond acceptors (Lipinski definition) is 2. The van der Waals surface area contributed by atoms with Crippen LogP contribution in [0.3, 0.4) is 0 Å². The van der Waals surface area contributed by atoms with Crippen LogP contribution in [-0.2, 0) is 13.6 Å². The van der Waals surface area contributed by atoms with Crippen LogP contribution in [0.1, 0.15) is 27.2 Å². The van der Waals surface area contributed by atoms with Gasteiger partial charge in [-0.3, -0.25) is 9.59 Å². The first-order valence-electron chi connectivity index (χ1n) is 6.49. The Bertz CT molecular complexity index is 702. The average Bonchev–Trinajstić information content (AvgIpc) is 2.41. The van der Waals surface area contributed by atoms with Gasteiger partial charge >= 0.3 is 0 Å². The molecule has 0 radical (unpaired) electrons. The summed E-state index contributed by atoms with van der Waals surface area (Å²) in [6.45, 7) is 4.24. The monoisotopic (exact) mass is 270 g/mol. The van der Waals surface area contributed by atoms with E-state index in [4.69, 9.17) is 0 Å². The third-order valence-corrected chi connectivity index (χ3v) is 3.43. The van der Waals surface area contributed by atoms with E-state index in [1.165, 1.54) is 6.07 Å². The van der Waals surface area contributed by atoms with Crippen LogP contribution in [0.25, 0.3) is 0 Å². The van der Waals surface area contributed by atoms with E-state index >= 15 is 0 Å². The first kappa shape index (κ1) is 14.1. The number of pyridine rings is 1. The number of benzene rings is 1. The quantitative estimate of drug-likeness (QED) is 0.926. The molecule has 0 unspecified atom stereocenters. The number of hydrogen-bond donors (Lipinski definition) is 1. The Morgan fingerprint density at radius 3 is 2.65 bits per heavy atom. The summed E-state index contributed by atoms with van der Waals surface area (Å²) in [5, 5.41) is 2.79. The number of aromatic nitrogens is 1. The number of nitrogens with one attached hydrogen (secondary N) is 1. The second-order valence-corrected chi connectivity index (χ2v) is 4.91. The largest absolute Gasteiger partial charge is 0.354 e. The first-order chi connectivity index (χ1) is 9.49. The van der Waals surface area contributed by atoms with Crippen molar-refractivity contribution in [3.05, 3.63) is 69.1 Å². The molecule has 1 aromatic carbocycles. The summed E-state index contributed by atoms with van der Waals surface area (Å²) in [6.07, 6.45) is 1.57. The molecule has 0 saturated heterocycles. The highest BCUT2D eigenvalue weighted by Crippen LogP contribution is 2.06. The lowest BCUT2D eigenvalue weighted by molar-refractivity contribution is 0.0949. The third-order valence-electron chi connectivity index (χ3n) is 3.43. The molecule has 2 rings (SSSR count). The second kappa shape index (κ2) is 5.74. The van der Waals surface area contributed by atoms with Crippen LogP contribution >= 0.6 is 0 Å². The van der Waals surface area contributed by atoms with E-state index in [0.717, 1.165) is 16.8 Å². The Kier molecular flexibility index (Phi) is 4.03. The Morgan fingerprint density at radius 1 is 1.25 bits per heavy atom. The van der Waals surface area contributed by atoms with Gasteiger partial charge in [0, 0.05) is 31.5 Å². The number of amides is 1. The molecule has 20 heavy (non-hydrogen) atoms. The number of carbonyl (C=O) groups is 1. The molecule has 0 fully saturated rings. The van der Waals surface area contributed by atoms with Crippen molar-refractivity contribution >= 4 is 5.91 Å². The first-order valence-corrected chi connectivity index (χ1v) is 6.49. The Balaban J connectivity index is 2.16. The molecular formula is C16H18N2O2. The van der Waals surface area contributed by atoms with Gasteiger partial charge in [-0.25, -0.2) is 0 Å². The van der Waals surface area contributed by atoms with Crippen molar-refractivity contribution in [1.82, 2.24) is 9.88 Å². The van der Waals surface area contributed by atoms with Gasteiger partial charge in [-0.1, -0.05) is 24.3 Å². The minimum Gasteiger partial charge on any atom is -0.354 e. The van der Waals surface area contributed by atoms with Gasteiger partial charge in [0.25, 0.3) is 5.91 Å². The second-order valence-electron chi connectivity index (χ2n) is 4.91. The van der Waals surface area contributed by atoms with E-state index in [-0.39, 0.29) is 16.9 Å². The summed E-state index contributed by atoms with van der Waals surface area (Å²) < 4.78 is 1.77. The van der Waals surface area contributed by atoms with Crippen LogP contribution in [0.5, 0.6) is 0 Å². The molecule has 104 valence electrons. The average molecular weight is 270 g/mol. The van der Waals surface area contributed by atoms with Crippen LogP contribution < -0.4 is 10.7 Å². The molecule has 1 amide bonds. The van der Waals surface area contributed by atoms with E-state index in [0.29, 0.717) is 6.54 Å². The molecule has 0 bridgehead atoms. The zero-order valence-electron chi connectivity index (χ0n) is 11.9. The Morgan fingerprint density at radius 2 is 1.95 bits per heavy atom. The van der Waals surface area contributed by atoms with Gasteiger partial charge in [-0.2, -0.15) is 0 Å². The molecule has 1 aromatic heterocycles. The van der Waals surface area contributed by atoms with Crippen LogP contribution in [0.2, 0.25) is 0 Å². The summed E-state index contributed by atoms with van der Waals surface area (Å²) in [5.41, 5.74) is 2.91. The van der Waals surface area contributed by atoms with Crippen molar-refractivity contribution in [2.75, 3.05) is 0 Å². The van der Waals surface area contributed by atoms with Gasteiger partial charge in [0.2, 0.25) is 0 Å². The summed E-state index contributed by atoms with van der Waals surface area (Å²) in [5.74, 6) is -0.339. The fourth-order valence-electron chi connectivity index (χ4n) is 1.98. The molecule has 0 aliphatic rings. The van der Waals surface area contributed by atoms with Crippen molar-refractivity contribution < 1.29 is 4.79 Å². The van der Waals surface area contributed by atoms with Gasteiger partial charge < -0.3 is 9.88 Å². The molecule has 0 spiro atoms. The highest BCUT2D eigenvalue weighted by molar-refractivity contribution is 5.93. The van der Waals surface area contributed by atoms with Gasteiger partial charge in [-0.15, -0.1) is 0 Å². The molecule has 1 N–H and O–H groups in total. The van der Waals surface area contributed by atoms with Crippen molar-refractivity contribution in [2.24, 2.45) is 7.05 Å². The van der Waals surface area contributed by atoms with E-state index in [2.05, 4.69) is 5.32 Å². The molecule has 0 aliphatic carbocycles. The van der Waals surface area contributed by atoms with E-state index in [9.17, 15) is 9.59 Å². The summed E-state index contributed by atoms with van der Waals surface area (Å²) in [6, 6.07) is 9.31.